The molecule has 0 bridgehead atoms. The number of pyridine rings is 1. The van der Waals surface area contributed by atoms with E-state index >= 15 is 0 Å². The molecule has 0 radical (unpaired) electrons. The van der Waals surface area contributed by atoms with Gasteiger partial charge >= 0.3 is 5.97 Å². The van der Waals surface area contributed by atoms with Crippen molar-refractivity contribution < 1.29 is 23.5 Å². The number of nitrogens with zero attached hydrogens (tertiary/aromatic N) is 2. The van der Waals surface area contributed by atoms with E-state index in [1.165, 1.54) is 13.8 Å². The van der Waals surface area contributed by atoms with Crippen molar-refractivity contribution in [3.05, 3.63) is 57.5 Å². The average Bonchev–Trinajstić information content (AvgIpc) is 2.70. The van der Waals surface area contributed by atoms with Gasteiger partial charge in [-0.2, -0.15) is 9.37 Å². The van der Waals surface area contributed by atoms with E-state index in [0.717, 1.165) is 5.56 Å². The lowest BCUT2D eigenvalue weighted by Gasteiger charge is -2.15. The lowest BCUT2D eigenvalue weighted by atomic mass is 10.1. The Morgan fingerprint density at radius 3 is 2.57 bits per heavy atom. The molecule has 6 nitrogen and oxygen atoms in total. The Morgan fingerprint density at radius 1 is 1.21 bits per heavy atom. The second kappa shape index (κ2) is 10.2. The number of carbonyl (C=O) groups excluding carboxylic acids is 1. The first-order valence-corrected chi connectivity index (χ1v) is 9.13. The molecule has 28 heavy (non-hydrogen) atoms. The number of benzene rings is 1. The molecule has 0 aliphatic rings. The first kappa shape index (κ1) is 21.9. The summed E-state index contributed by atoms with van der Waals surface area (Å²) in [7, 11) is 0. The summed E-state index contributed by atoms with van der Waals surface area (Å²) in [5, 5.41) is 3.79. The Kier molecular flexibility index (Phi) is 8.02. The van der Waals surface area contributed by atoms with E-state index in [2.05, 4.69) is 10.1 Å². The van der Waals surface area contributed by atoms with Crippen LogP contribution in [0.3, 0.4) is 0 Å². The van der Waals surface area contributed by atoms with Gasteiger partial charge in [-0.05, 0) is 31.9 Å². The fraction of sp³-hybridized carbons (Fsp3) is 0.316. The maximum Gasteiger partial charge on any atom is 0.347 e. The predicted octanol–water partition coefficient (Wildman–Crippen LogP) is 4.59. The van der Waals surface area contributed by atoms with Crippen LogP contribution in [0, 0.1) is 12.9 Å². The van der Waals surface area contributed by atoms with Crippen molar-refractivity contribution >= 4 is 34.9 Å². The van der Waals surface area contributed by atoms with Crippen molar-refractivity contribution in [1.29, 1.82) is 0 Å². The van der Waals surface area contributed by atoms with Gasteiger partial charge in [-0.1, -0.05) is 58.7 Å². The molecule has 0 unspecified atom stereocenters. The summed E-state index contributed by atoms with van der Waals surface area (Å²) in [5.41, 5.74) is 1.90. The van der Waals surface area contributed by atoms with E-state index in [0.29, 0.717) is 5.71 Å². The molecular weight excluding hydrogens is 410 g/mol. The number of hydrogen-bond donors (Lipinski definition) is 0. The van der Waals surface area contributed by atoms with Crippen molar-refractivity contribution in [3.8, 4) is 5.88 Å². The van der Waals surface area contributed by atoms with Gasteiger partial charge in [0.1, 0.15) is 16.7 Å². The summed E-state index contributed by atoms with van der Waals surface area (Å²) in [6.07, 6.45) is -1.06. The number of carbonyl (C=O) groups is 1. The van der Waals surface area contributed by atoms with Crippen molar-refractivity contribution in [3.63, 3.8) is 0 Å². The van der Waals surface area contributed by atoms with Gasteiger partial charge in [0.2, 0.25) is 11.8 Å². The number of esters is 1. The normalized spacial score (nSPS) is 12.4. The largest absolute Gasteiger partial charge is 0.461 e. The lowest BCUT2D eigenvalue weighted by Crippen LogP contribution is -2.27. The highest BCUT2D eigenvalue weighted by molar-refractivity contribution is 6.36. The predicted molar refractivity (Wildman–Crippen MR) is 105 cm³/mol. The van der Waals surface area contributed by atoms with Gasteiger partial charge in [-0.3, -0.25) is 0 Å². The van der Waals surface area contributed by atoms with Crippen LogP contribution >= 0.6 is 23.2 Å². The number of oxime groups is 1. The molecule has 0 aliphatic heterocycles. The van der Waals surface area contributed by atoms with E-state index in [-0.39, 0.29) is 34.7 Å². The molecule has 0 fully saturated rings. The molecule has 0 N–H and O–H groups in total. The highest BCUT2D eigenvalue weighted by Gasteiger charge is 2.22. The van der Waals surface area contributed by atoms with E-state index in [1.807, 2.05) is 30.3 Å². The minimum absolute atomic E-state index is 0.0279. The molecule has 0 saturated carbocycles. The Labute approximate surface area is 172 Å². The molecule has 0 spiro atoms. The van der Waals surface area contributed by atoms with Crippen LogP contribution in [0.2, 0.25) is 10.0 Å². The molecule has 1 heterocycles. The molecule has 2 rings (SSSR count). The average molecular weight is 429 g/mol. The zero-order valence-electron chi connectivity index (χ0n) is 15.5. The van der Waals surface area contributed by atoms with Gasteiger partial charge in [0.15, 0.2) is 12.7 Å². The first-order chi connectivity index (χ1) is 13.3. The SMILES string of the molecule is C/C(=N\OCCOC(=O)[C@@H](C)Oc1nc(F)c(Cl)c(C)c1Cl)c1ccccc1. The van der Waals surface area contributed by atoms with E-state index in [1.54, 1.807) is 6.92 Å². The Balaban J connectivity index is 1.80. The Bertz CT molecular complexity index is 863. The number of rotatable bonds is 8. The number of aromatic nitrogens is 1. The molecule has 0 amide bonds. The molecule has 1 aromatic carbocycles. The van der Waals surface area contributed by atoms with E-state index < -0.39 is 18.0 Å². The van der Waals surface area contributed by atoms with E-state index in [4.69, 9.17) is 37.5 Å². The van der Waals surface area contributed by atoms with Crippen LogP contribution in [-0.4, -0.2) is 36.0 Å². The van der Waals surface area contributed by atoms with Crippen LogP contribution in [0.1, 0.15) is 25.0 Å². The topological polar surface area (TPSA) is 70.0 Å². The maximum absolute atomic E-state index is 13.6. The third-order valence-electron chi connectivity index (χ3n) is 3.66. The summed E-state index contributed by atoms with van der Waals surface area (Å²) in [6.45, 7) is 4.78. The molecule has 0 saturated heterocycles. The maximum atomic E-state index is 13.6. The van der Waals surface area contributed by atoms with Crippen molar-refractivity contribution in [2.75, 3.05) is 13.2 Å². The molecule has 1 atom stereocenters. The third kappa shape index (κ3) is 5.81. The zero-order valence-corrected chi connectivity index (χ0v) is 17.1. The van der Waals surface area contributed by atoms with Crippen LogP contribution < -0.4 is 4.74 Å². The van der Waals surface area contributed by atoms with Crippen molar-refractivity contribution in [2.24, 2.45) is 5.16 Å². The fourth-order valence-electron chi connectivity index (χ4n) is 2.06. The Morgan fingerprint density at radius 2 is 1.89 bits per heavy atom. The van der Waals surface area contributed by atoms with Gasteiger partial charge in [-0.25, -0.2) is 4.79 Å². The Hall–Kier alpha value is -2.38. The van der Waals surface area contributed by atoms with Crippen LogP contribution in [0.15, 0.2) is 35.5 Å². The first-order valence-electron chi connectivity index (χ1n) is 8.37. The van der Waals surface area contributed by atoms with Crippen molar-refractivity contribution in [2.45, 2.75) is 26.9 Å². The fourth-order valence-corrected chi connectivity index (χ4v) is 2.43. The molecule has 150 valence electrons. The van der Waals surface area contributed by atoms with Gasteiger partial charge in [-0.15, -0.1) is 0 Å². The van der Waals surface area contributed by atoms with Gasteiger partial charge in [0, 0.05) is 0 Å². The second-order valence-electron chi connectivity index (χ2n) is 5.76. The van der Waals surface area contributed by atoms with Gasteiger partial charge in [0.05, 0.1) is 5.71 Å². The minimum atomic E-state index is -1.06. The summed E-state index contributed by atoms with van der Waals surface area (Å²) in [4.78, 5) is 20.6. The minimum Gasteiger partial charge on any atom is -0.461 e. The molecule has 0 aliphatic carbocycles. The molecular formula is C19H19Cl2FN2O4. The number of ether oxygens (including phenoxy) is 2. The second-order valence-corrected chi connectivity index (χ2v) is 6.52. The van der Waals surface area contributed by atoms with Gasteiger partial charge < -0.3 is 14.3 Å². The number of hydrogen-bond acceptors (Lipinski definition) is 6. The molecule has 1 aromatic heterocycles. The number of halogens is 3. The molecule has 9 heteroatoms. The lowest BCUT2D eigenvalue weighted by molar-refractivity contribution is -0.152. The van der Waals surface area contributed by atoms with Gasteiger partial charge in [0.25, 0.3) is 0 Å². The highest BCUT2D eigenvalue weighted by Crippen LogP contribution is 2.32. The third-order valence-corrected chi connectivity index (χ3v) is 4.54. The monoisotopic (exact) mass is 428 g/mol. The summed E-state index contributed by atoms with van der Waals surface area (Å²) >= 11 is 11.7. The quantitative estimate of drug-likeness (QED) is 0.202. The summed E-state index contributed by atoms with van der Waals surface area (Å²) in [5.74, 6) is -1.85. The smallest absolute Gasteiger partial charge is 0.347 e. The van der Waals surface area contributed by atoms with Crippen LogP contribution in [0.25, 0.3) is 0 Å². The van der Waals surface area contributed by atoms with Crippen LogP contribution in [-0.2, 0) is 14.4 Å². The van der Waals surface area contributed by atoms with E-state index in [9.17, 15) is 9.18 Å². The zero-order chi connectivity index (χ0) is 20.7. The van der Waals surface area contributed by atoms with Crippen LogP contribution in [0.5, 0.6) is 5.88 Å². The van der Waals surface area contributed by atoms with Crippen LogP contribution in [0.4, 0.5) is 4.39 Å². The summed E-state index contributed by atoms with van der Waals surface area (Å²) in [6, 6.07) is 9.51. The van der Waals surface area contributed by atoms with Crippen molar-refractivity contribution in [1.82, 2.24) is 4.98 Å². The summed E-state index contributed by atoms with van der Waals surface area (Å²) < 4.78 is 24.0. The molecule has 2 aromatic rings. The highest BCUT2D eigenvalue weighted by atomic mass is 35.5. The standard InChI is InChI=1S/C19H19Cl2FN2O4/c1-11-15(20)17(22)23-18(16(11)21)28-13(3)19(25)26-9-10-27-24-12(2)14-7-5-4-6-8-14/h4-8,13H,9-10H2,1-3H3/b24-12+/t13-/m1/s1.